The molecular formula is C21H21ClN2O3. The highest BCUT2D eigenvalue weighted by Crippen LogP contribution is 2.45. The Hall–Kier alpha value is -2.66. The van der Waals surface area contributed by atoms with E-state index in [0.29, 0.717) is 16.3 Å². The lowest BCUT2D eigenvalue weighted by Crippen LogP contribution is -2.28. The summed E-state index contributed by atoms with van der Waals surface area (Å²) in [5.74, 6) is -0.138. The van der Waals surface area contributed by atoms with Gasteiger partial charge in [0.05, 0.1) is 12.5 Å². The van der Waals surface area contributed by atoms with E-state index in [-0.39, 0.29) is 12.5 Å². The minimum Gasteiger partial charge on any atom is -0.462 e. The molecule has 2 aromatic rings. The van der Waals surface area contributed by atoms with Gasteiger partial charge in [0.15, 0.2) is 0 Å². The highest BCUT2D eigenvalue weighted by Gasteiger charge is 2.36. The molecule has 0 saturated heterocycles. The van der Waals surface area contributed by atoms with Gasteiger partial charge in [0, 0.05) is 28.9 Å². The number of rotatable bonds is 3. The Morgan fingerprint density at radius 3 is 3.00 bits per heavy atom. The number of esters is 1. The van der Waals surface area contributed by atoms with Gasteiger partial charge in [-0.2, -0.15) is 0 Å². The molecule has 0 fully saturated rings. The van der Waals surface area contributed by atoms with Gasteiger partial charge in [-0.1, -0.05) is 23.7 Å². The van der Waals surface area contributed by atoms with Crippen LogP contribution in [0.25, 0.3) is 0 Å². The fourth-order valence-corrected chi connectivity index (χ4v) is 3.96. The largest absolute Gasteiger partial charge is 0.462 e. The van der Waals surface area contributed by atoms with Crippen LogP contribution in [-0.2, 0) is 16.0 Å². The quantitative estimate of drug-likeness (QED) is 0.783. The summed E-state index contributed by atoms with van der Waals surface area (Å²) in [5.41, 5.74) is 10.5. The summed E-state index contributed by atoms with van der Waals surface area (Å²) in [4.78, 5) is 12.7. The molecule has 1 unspecified atom stereocenters. The van der Waals surface area contributed by atoms with E-state index in [1.54, 1.807) is 13.0 Å². The molecule has 0 bridgehead atoms. The second-order valence-electron chi connectivity index (χ2n) is 6.67. The Kier molecular flexibility index (Phi) is 4.70. The highest BCUT2D eigenvalue weighted by molar-refractivity contribution is 6.30. The summed E-state index contributed by atoms with van der Waals surface area (Å²) in [5, 5.41) is 3.99. The van der Waals surface area contributed by atoms with E-state index in [1.807, 2.05) is 24.3 Å². The summed E-state index contributed by atoms with van der Waals surface area (Å²) >= 11 is 6.23. The van der Waals surface area contributed by atoms with Gasteiger partial charge in [-0.25, -0.2) is 4.79 Å². The Balaban J connectivity index is 1.90. The number of hydrogen-bond donors (Lipinski definition) is 2. The van der Waals surface area contributed by atoms with Crippen LogP contribution in [-0.4, -0.2) is 19.1 Å². The molecule has 140 valence electrons. The fraction of sp³-hybridized carbons (Fsp3) is 0.286. The van der Waals surface area contributed by atoms with Crippen LogP contribution in [0.4, 0.5) is 5.69 Å². The van der Waals surface area contributed by atoms with E-state index >= 15 is 0 Å². The molecule has 2 aliphatic rings. The van der Waals surface area contributed by atoms with Crippen molar-refractivity contribution < 1.29 is 14.3 Å². The smallest absolute Gasteiger partial charge is 0.340 e. The Bertz CT molecular complexity index is 939. The van der Waals surface area contributed by atoms with Gasteiger partial charge >= 0.3 is 5.97 Å². The minimum atomic E-state index is -0.471. The first-order valence-electron chi connectivity index (χ1n) is 9.09. The average molecular weight is 385 g/mol. The Labute approximate surface area is 163 Å². The molecule has 0 spiro atoms. The maximum Gasteiger partial charge on any atom is 0.340 e. The number of nitrogens with one attached hydrogen (secondary N) is 1. The van der Waals surface area contributed by atoms with Crippen molar-refractivity contribution in [2.75, 3.05) is 18.5 Å². The maximum atomic E-state index is 12.7. The zero-order valence-corrected chi connectivity index (χ0v) is 15.8. The lowest BCUT2D eigenvalue weighted by atomic mass is 9.81. The molecule has 0 radical (unpaired) electrons. The van der Waals surface area contributed by atoms with E-state index < -0.39 is 11.9 Å². The second-order valence-corrected chi connectivity index (χ2v) is 7.10. The first-order chi connectivity index (χ1) is 13.1. The molecule has 2 heterocycles. The van der Waals surface area contributed by atoms with E-state index in [2.05, 4.69) is 11.4 Å². The van der Waals surface area contributed by atoms with Crippen molar-refractivity contribution in [3.8, 4) is 5.75 Å². The average Bonchev–Trinajstić information content (AvgIpc) is 2.65. The van der Waals surface area contributed by atoms with Crippen LogP contribution in [0, 0.1) is 0 Å². The summed E-state index contributed by atoms with van der Waals surface area (Å²) in [6.45, 7) is 2.96. The van der Waals surface area contributed by atoms with Crippen LogP contribution in [0.2, 0.25) is 5.02 Å². The van der Waals surface area contributed by atoms with E-state index in [0.717, 1.165) is 36.2 Å². The lowest BCUT2D eigenvalue weighted by Gasteiger charge is -2.30. The number of fused-ring (bicyclic) bond motifs is 2. The molecule has 6 heteroatoms. The van der Waals surface area contributed by atoms with Crippen molar-refractivity contribution in [3.05, 3.63) is 69.6 Å². The number of hydrogen-bond acceptors (Lipinski definition) is 5. The molecule has 5 nitrogen and oxygen atoms in total. The van der Waals surface area contributed by atoms with Crippen LogP contribution in [0.1, 0.15) is 36.0 Å². The van der Waals surface area contributed by atoms with Crippen molar-refractivity contribution in [1.82, 2.24) is 0 Å². The third kappa shape index (κ3) is 3.23. The number of carbonyl (C=O) groups excluding carboxylic acids is 1. The van der Waals surface area contributed by atoms with E-state index in [9.17, 15) is 4.79 Å². The molecule has 0 amide bonds. The first kappa shape index (κ1) is 17.7. The van der Waals surface area contributed by atoms with Gasteiger partial charge < -0.3 is 20.5 Å². The van der Waals surface area contributed by atoms with Crippen LogP contribution in [0.3, 0.4) is 0 Å². The number of benzene rings is 2. The minimum absolute atomic E-state index is 0.0710. The molecule has 2 aliphatic heterocycles. The summed E-state index contributed by atoms with van der Waals surface area (Å²) in [6, 6.07) is 11.5. The van der Waals surface area contributed by atoms with Gasteiger partial charge in [0.25, 0.3) is 0 Å². The van der Waals surface area contributed by atoms with E-state index in [4.69, 9.17) is 26.8 Å². The number of aryl methyl sites for hydroxylation is 1. The molecule has 2 aromatic carbocycles. The van der Waals surface area contributed by atoms with Crippen LogP contribution in [0.5, 0.6) is 5.75 Å². The number of ether oxygens (including phenoxy) is 2. The van der Waals surface area contributed by atoms with Gasteiger partial charge in [0.1, 0.15) is 11.3 Å². The lowest BCUT2D eigenvalue weighted by molar-refractivity contribution is -0.139. The van der Waals surface area contributed by atoms with Gasteiger partial charge in [-0.05, 0) is 49.1 Å². The first-order valence-corrected chi connectivity index (χ1v) is 9.47. The predicted octanol–water partition coefficient (Wildman–Crippen LogP) is 3.96. The third-order valence-corrected chi connectivity index (χ3v) is 5.17. The topological polar surface area (TPSA) is 73.6 Å². The zero-order chi connectivity index (χ0) is 19.0. The van der Waals surface area contributed by atoms with Crippen LogP contribution >= 0.6 is 11.6 Å². The van der Waals surface area contributed by atoms with Crippen LogP contribution in [0.15, 0.2) is 47.9 Å². The molecule has 0 saturated carbocycles. The molecule has 4 rings (SSSR count). The predicted molar refractivity (Wildman–Crippen MR) is 105 cm³/mol. The summed E-state index contributed by atoms with van der Waals surface area (Å²) < 4.78 is 11.1. The van der Waals surface area contributed by atoms with Crippen molar-refractivity contribution in [2.45, 2.75) is 25.7 Å². The van der Waals surface area contributed by atoms with E-state index in [1.165, 1.54) is 5.56 Å². The second kappa shape index (κ2) is 7.16. The van der Waals surface area contributed by atoms with Gasteiger partial charge in [-0.3, -0.25) is 0 Å². The number of halogens is 1. The number of anilines is 1. The highest BCUT2D eigenvalue weighted by atomic mass is 35.5. The molecule has 0 aromatic heterocycles. The summed E-state index contributed by atoms with van der Waals surface area (Å²) in [7, 11) is 0. The number of carbonyl (C=O) groups is 1. The summed E-state index contributed by atoms with van der Waals surface area (Å²) in [6.07, 6.45) is 2.04. The van der Waals surface area contributed by atoms with Gasteiger partial charge in [-0.15, -0.1) is 0 Å². The SMILES string of the molecule is CCOC(=O)C1=C(N)Oc2cc3c(cc2C1c1cccc(Cl)c1)CCCN3. The van der Waals surface area contributed by atoms with Crippen LogP contribution < -0.4 is 15.8 Å². The zero-order valence-electron chi connectivity index (χ0n) is 15.0. The van der Waals surface area contributed by atoms with Crippen molar-refractivity contribution >= 4 is 23.3 Å². The molecule has 3 N–H and O–H groups in total. The maximum absolute atomic E-state index is 12.7. The monoisotopic (exact) mass is 384 g/mol. The molecule has 1 atom stereocenters. The molecule has 0 aliphatic carbocycles. The van der Waals surface area contributed by atoms with Gasteiger partial charge in [0.2, 0.25) is 5.88 Å². The normalized spacial score (nSPS) is 18.1. The van der Waals surface area contributed by atoms with Crippen molar-refractivity contribution in [3.63, 3.8) is 0 Å². The van der Waals surface area contributed by atoms with Crippen molar-refractivity contribution in [2.24, 2.45) is 5.73 Å². The molecular weight excluding hydrogens is 364 g/mol. The number of nitrogens with two attached hydrogens (primary N) is 1. The fourth-order valence-electron chi connectivity index (χ4n) is 3.76. The Morgan fingerprint density at radius 2 is 2.22 bits per heavy atom. The molecule has 27 heavy (non-hydrogen) atoms. The third-order valence-electron chi connectivity index (χ3n) is 4.94. The van der Waals surface area contributed by atoms with Crippen molar-refractivity contribution in [1.29, 1.82) is 0 Å². The standard InChI is InChI=1S/C21H21ClN2O3/c1-2-26-21(25)19-18(13-5-3-7-14(22)9-13)15-10-12-6-4-8-24-16(12)11-17(15)27-20(19)23/h3,5,7,9-11,18,24H,2,4,6,8,23H2,1H3. The Morgan fingerprint density at radius 1 is 1.37 bits per heavy atom.